The maximum absolute atomic E-state index is 9.85. The van der Waals surface area contributed by atoms with E-state index in [1.807, 2.05) is 0 Å². The van der Waals surface area contributed by atoms with Gasteiger partial charge < -0.3 is 14.9 Å². The van der Waals surface area contributed by atoms with Gasteiger partial charge in [-0.1, -0.05) is 30.6 Å². The molecule has 0 amide bonds. The third-order valence-electron chi connectivity index (χ3n) is 2.58. The predicted molar refractivity (Wildman–Crippen MR) is 69.1 cm³/mol. The molecule has 1 heterocycles. The fourth-order valence-corrected chi connectivity index (χ4v) is 2.91. The summed E-state index contributed by atoms with van der Waals surface area (Å²) in [4.78, 5) is 23.6. The lowest BCUT2D eigenvalue weighted by atomic mass is 10.1. The molecule has 0 aliphatic heterocycles. The third-order valence-corrected chi connectivity index (χ3v) is 3.95. The number of aliphatic hydroxyl groups excluding tert-OH is 1. The molecule has 0 radical (unpaired) electrons. The van der Waals surface area contributed by atoms with Crippen molar-refractivity contribution in [3.63, 3.8) is 0 Å². The van der Waals surface area contributed by atoms with Crippen LogP contribution in [-0.2, 0) is 6.61 Å². The van der Waals surface area contributed by atoms with Crippen LogP contribution in [0.15, 0.2) is 30.6 Å². The Balaban J connectivity index is 2.44. The standard InChI is InChI=1S/C11H14N3O3P/c1-18(16,17)10(11-12-7-13-14-11)9-4-2-8(6-15)3-5-9/h2-5,7,10,15-17H,1,6H2,(H,12,13,14). The topological polar surface area (TPSA) is 102 Å². The first-order valence-electron chi connectivity index (χ1n) is 5.26. The van der Waals surface area contributed by atoms with Crippen LogP contribution in [0.5, 0.6) is 0 Å². The fraction of sp³-hybridized carbons (Fsp3) is 0.182. The Morgan fingerprint density at radius 3 is 2.39 bits per heavy atom. The minimum absolute atomic E-state index is 0.0594. The Bertz CT molecular complexity index is 547. The van der Waals surface area contributed by atoms with Crippen molar-refractivity contribution < 1.29 is 14.9 Å². The van der Waals surface area contributed by atoms with Gasteiger partial charge >= 0.3 is 0 Å². The zero-order valence-electron chi connectivity index (χ0n) is 9.56. The maximum Gasteiger partial charge on any atom is 0.140 e. The van der Waals surface area contributed by atoms with Crippen LogP contribution in [-0.4, -0.2) is 36.4 Å². The second kappa shape index (κ2) is 5.04. The minimum Gasteiger partial charge on any atom is -0.392 e. The number of nitrogens with one attached hydrogen (secondary N) is 1. The summed E-state index contributed by atoms with van der Waals surface area (Å²) in [6, 6.07) is 6.86. The molecule has 0 saturated heterocycles. The summed E-state index contributed by atoms with van der Waals surface area (Å²) in [5, 5.41) is 15.3. The highest BCUT2D eigenvalue weighted by atomic mass is 31.2. The molecule has 1 unspecified atom stereocenters. The second-order valence-corrected chi connectivity index (χ2v) is 6.05. The van der Waals surface area contributed by atoms with E-state index in [1.165, 1.54) is 6.33 Å². The van der Waals surface area contributed by atoms with Gasteiger partial charge in [-0.3, -0.25) is 5.10 Å². The van der Waals surface area contributed by atoms with Crippen molar-refractivity contribution in [1.29, 1.82) is 0 Å². The Labute approximate surface area is 104 Å². The molecule has 1 aromatic heterocycles. The van der Waals surface area contributed by atoms with E-state index in [4.69, 9.17) is 5.11 Å². The highest BCUT2D eigenvalue weighted by Crippen LogP contribution is 2.53. The maximum atomic E-state index is 9.85. The van der Waals surface area contributed by atoms with E-state index in [1.54, 1.807) is 24.3 Å². The Hall–Kier alpha value is -1.46. The highest BCUT2D eigenvalue weighted by molar-refractivity contribution is 7.63. The summed E-state index contributed by atoms with van der Waals surface area (Å²) in [7, 11) is -3.41. The van der Waals surface area contributed by atoms with Crippen molar-refractivity contribution >= 4 is 13.6 Å². The molecule has 18 heavy (non-hydrogen) atoms. The zero-order chi connectivity index (χ0) is 13.2. The average Bonchev–Trinajstić information content (AvgIpc) is 2.82. The summed E-state index contributed by atoms with van der Waals surface area (Å²) in [6.07, 6.45) is 4.74. The molecule has 6 nitrogen and oxygen atoms in total. The van der Waals surface area contributed by atoms with Gasteiger partial charge in [-0.05, 0) is 11.1 Å². The first kappa shape index (κ1) is 13.0. The molecule has 2 rings (SSSR count). The molecule has 2 aromatic rings. The van der Waals surface area contributed by atoms with Gasteiger partial charge in [-0.25, -0.2) is 4.98 Å². The van der Waals surface area contributed by atoms with Crippen LogP contribution >= 0.6 is 7.34 Å². The number of aliphatic hydroxyl groups is 1. The van der Waals surface area contributed by atoms with E-state index in [2.05, 4.69) is 21.5 Å². The van der Waals surface area contributed by atoms with E-state index in [0.29, 0.717) is 11.4 Å². The van der Waals surface area contributed by atoms with E-state index >= 15 is 0 Å². The summed E-state index contributed by atoms with van der Waals surface area (Å²) in [5.74, 6) is 0.361. The van der Waals surface area contributed by atoms with Crippen LogP contribution in [0.4, 0.5) is 0 Å². The van der Waals surface area contributed by atoms with Crippen LogP contribution < -0.4 is 0 Å². The molecule has 0 bridgehead atoms. The van der Waals surface area contributed by atoms with E-state index in [0.717, 1.165) is 5.56 Å². The van der Waals surface area contributed by atoms with Gasteiger partial charge in [0.1, 0.15) is 25.2 Å². The largest absolute Gasteiger partial charge is 0.392 e. The molecule has 7 heteroatoms. The molecule has 1 atom stereocenters. The molecular weight excluding hydrogens is 253 g/mol. The van der Waals surface area contributed by atoms with Crippen LogP contribution in [0.2, 0.25) is 0 Å². The predicted octanol–water partition coefficient (Wildman–Crippen LogP) is 0.651. The minimum atomic E-state index is -3.41. The van der Waals surface area contributed by atoms with Crippen molar-refractivity contribution in [3.05, 3.63) is 47.5 Å². The summed E-state index contributed by atoms with van der Waals surface area (Å²) in [5.41, 5.74) is 0.684. The molecule has 0 spiro atoms. The van der Waals surface area contributed by atoms with Gasteiger partial charge in [-0.15, -0.1) is 0 Å². The lowest BCUT2D eigenvalue weighted by molar-refractivity contribution is 0.282. The van der Waals surface area contributed by atoms with Crippen LogP contribution in [0, 0.1) is 0 Å². The first-order valence-corrected chi connectivity index (χ1v) is 7.21. The van der Waals surface area contributed by atoms with Crippen molar-refractivity contribution in [2.24, 2.45) is 0 Å². The molecule has 0 fully saturated rings. The van der Waals surface area contributed by atoms with Crippen LogP contribution in [0.25, 0.3) is 0 Å². The van der Waals surface area contributed by atoms with Gasteiger partial charge in [-0.2, -0.15) is 5.10 Å². The van der Waals surface area contributed by atoms with Gasteiger partial charge in [0.2, 0.25) is 0 Å². The second-order valence-electron chi connectivity index (χ2n) is 3.96. The number of hydrogen-bond acceptors (Lipinski definition) is 5. The zero-order valence-corrected chi connectivity index (χ0v) is 10.5. The number of benzene rings is 1. The molecule has 0 saturated carbocycles. The number of aromatic amines is 1. The van der Waals surface area contributed by atoms with E-state index in [9.17, 15) is 9.79 Å². The smallest absolute Gasteiger partial charge is 0.140 e. The van der Waals surface area contributed by atoms with Gasteiger partial charge in [0.05, 0.1) is 6.61 Å². The molecular formula is C11H14N3O3P. The molecule has 4 N–H and O–H groups in total. The number of rotatable bonds is 4. The van der Waals surface area contributed by atoms with Crippen LogP contribution in [0.3, 0.4) is 0 Å². The molecule has 0 aliphatic carbocycles. The lowest BCUT2D eigenvalue weighted by Gasteiger charge is -2.21. The fourth-order valence-electron chi connectivity index (χ4n) is 1.74. The number of nitrogens with zero attached hydrogens (tertiary/aromatic N) is 2. The summed E-state index contributed by atoms with van der Waals surface area (Å²) in [6.45, 7) is -0.0594. The Morgan fingerprint density at radius 2 is 1.94 bits per heavy atom. The Morgan fingerprint density at radius 1 is 1.28 bits per heavy atom. The summed E-state index contributed by atoms with van der Waals surface area (Å²) < 4.78 is 0. The molecule has 0 aliphatic rings. The van der Waals surface area contributed by atoms with Crippen LogP contribution in [0.1, 0.15) is 22.6 Å². The van der Waals surface area contributed by atoms with Gasteiger partial charge in [0, 0.05) is 0 Å². The van der Waals surface area contributed by atoms with Gasteiger partial charge in [0.25, 0.3) is 0 Å². The lowest BCUT2D eigenvalue weighted by Crippen LogP contribution is -2.05. The van der Waals surface area contributed by atoms with Crippen molar-refractivity contribution in [3.8, 4) is 0 Å². The quantitative estimate of drug-likeness (QED) is 0.609. The van der Waals surface area contributed by atoms with Crippen molar-refractivity contribution in [1.82, 2.24) is 15.2 Å². The van der Waals surface area contributed by atoms with Crippen molar-refractivity contribution in [2.75, 3.05) is 0 Å². The first-order chi connectivity index (χ1) is 8.52. The average molecular weight is 267 g/mol. The normalized spacial score (nSPS) is 13.5. The summed E-state index contributed by atoms with van der Waals surface area (Å²) >= 11 is 0. The van der Waals surface area contributed by atoms with Gasteiger partial charge in [0.15, 0.2) is 0 Å². The third kappa shape index (κ3) is 2.68. The van der Waals surface area contributed by atoms with Crippen molar-refractivity contribution in [2.45, 2.75) is 12.3 Å². The number of H-pyrrole nitrogens is 1. The molecule has 1 aromatic carbocycles. The Kier molecular flexibility index (Phi) is 3.63. The van der Waals surface area contributed by atoms with E-state index < -0.39 is 13.0 Å². The monoisotopic (exact) mass is 267 g/mol. The SMILES string of the molecule is C=P(O)(O)C(c1ccc(CO)cc1)c1ncn[nH]1. The number of hydrogen-bond donors (Lipinski definition) is 4. The molecule has 96 valence electrons. The highest BCUT2D eigenvalue weighted by Gasteiger charge is 2.28. The number of aromatic nitrogens is 3. The van der Waals surface area contributed by atoms with E-state index in [-0.39, 0.29) is 6.61 Å².